The van der Waals surface area contributed by atoms with E-state index in [-0.39, 0.29) is 11.9 Å². The number of nitrogens with two attached hydrogens (primary N) is 1. The smallest absolute Gasteiger partial charge is 0.237 e. The van der Waals surface area contributed by atoms with E-state index in [1.54, 1.807) is 23.1 Å². The molecule has 2 atom stereocenters. The van der Waals surface area contributed by atoms with Crippen LogP contribution in [-0.2, 0) is 4.79 Å². The maximum absolute atomic E-state index is 11.3. The Bertz CT molecular complexity index is 313. The van der Waals surface area contributed by atoms with Crippen LogP contribution in [0.3, 0.4) is 0 Å². The number of carbonyl (C=O) groups excluding carboxylic acids is 1. The van der Waals surface area contributed by atoms with E-state index in [9.17, 15) is 4.79 Å². The highest BCUT2D eigenvalue weighted by Gasteiger charge is 2.23. The number of hydrogen-bond acceptors (Lipinski definition) is 4. The van der Waals surface area contributed by atoms with E-state index < -0.39 is 0 Å². The predicted molar refractivity (Wildman–Crippen MR) is 60.5 cm³/mol. The third-order valence-electron chi connectivity index (χ3n) is 2.14. The van der Waals surface area contributed by atoms with Crippen molar-refractivity contribution < 1.29 is 4.79 Å². The molecule has 14 heavy (non-hydrogen) atoms. The molecule has 0 saturated carbocycles. The van der Waals surface area contributed by atoms with Gasteiger partial charge in [-0.15, -0.1) is 23.1 Å². The van der Waals surface area contributed by atoms with E-state index in [2.05, 4.69) is 16.8 Å². The fraction of sp³-hybridized carbons (Fsp3) is 0.444. The molecule has 0 aliphatic carbocycles. The lowest BCUT2D eigenvalue weighted by Crippen LogP contribution is -2.40. The van der Waals surface area contributed by atoms with Gasteiger partial charge >= 0.3 is 0 Å². The third-order valence-corrected chi connectivity index (χ3v) is 4.65. The number of carbonyl (C=O) groups is 1. The highest BCUT2D eigenvalue weighted by molar-refractivity contribution is 7.99. The summed E-state index contributed by atoms with van der Waals surface area (Å²) in [6, 6.07) is 3.78. The van der Waals surface area contributed by atoms with Crippen LogP contribution < -0.4 is 11.1 Å². The summed E-state index contributed by atoms with van der Waals surface area (Å²) in [5, 5.41) is 5.28. The molecule has 2 rings (SSSR count). The van der Waals surface area contributed by atoms with E-state index in [0.29, 0.717) is 17.5 Å². The maximum atomic E-state index is 11.3. The van der Waals surface area contributed by atoms with Gasteiger partial charge in [0, 0.05) is 17.2 Å². The molecule has 1 aromatic rings. The SMILES string of the molecule is N[C@@H]1CS[C@@H](c2cccs2)CNC1=O. The van der Waals surface area contributed by atoms with Gasteiger partial charge < -0.3 is 11.1 Å². The van der Waals surface area contributed by atoms with E-state index in [1.807, 2.05) is 6.07 Å². The van der Waals surface area contributed by atoms with E-state index >= 15 is 0 Å². The van der Waals surface area contributed by atoms with Crippen molar-refractivity contribution in [1.29, 1.82) is 0 Å². The minimum Gasteiger partial charge on any atom is -0.353 e. The Morgan fingerprint density at radius 3 is 3.14 bits per heavy atom. The molecule has 1 aliphatic rings. The summed E-state index contributed by atoms with van der Waals surface area (Å²) in [5.41, 5.74) is 5.66. The average Bonchev–Trinajstić information content (AvgIpc) is 2.65. The highest BCUT2D eigenvalue weighted by atomic mass is 32.2. The number of thioether (sulfide) groups is 1. The standard InChI is InChI=1S/C9H12N2OS2/c10-6-5-14-8(4-11-9(6)12)7-2-1-3-13-7/h1-3,6,8H,4-5,10H2,(H,11,12)/t6-,8-/m1/s1. The molecule has 1 aliphatic heterocycles. The van der Waals surface area contributed by atoms with Crippen LogP contribution >= 0.6 is 23.1 Å². The molecule has 0 spiro atoms. The maximum Gasteiger partial charge on any atom is 0.237 e. The fourth-order valence-electron chi connectivity index (χ4n) is 1.34. The summed E-state index contributed by atoms with van der Waals surface area (Å²) < 4.78 is 0. The predicted octanol–water partition coefficient (Wildman–Crippen LogP) is 0.979. The molecule has 1 aromatic heterocycles. The number of thiophene rings is 1. The van der Waals surface area contributed by atoms with Crippen molar-refractivity contribution in [3.63, 3.8) is 0 Å². The van der Waals surface area contributed by atoms with Crippen LogP contribution in [0.4, 0.5) is 0 Å². The first-order valence-corrected chi connectivity index (χ1v) is 6.38. The van der Waals surface area contributed by atoms with Crippen LogP contribution in [0.15, 0.2) is 17.5 Å². The zero-order valence-electron chi connectivity index (χ0n) is 7.60. The van der Waals surface area contributed by atoms with Crippen LogP contribution in [0.2, 0.25) is 0 Å². The Morgan fingerprint density at radius 2 is 2.43 bits per heavy atom. The van der Waals surface area contributed by atoms with Gasteiger partial charge in [0.25, 0.3) is 0 Å². The molecular weight excluding hydrogens is 216 g/mol. The second kappa shape index (κ2) is 4.33. The van der Waals surface area contributed by atoms with Gasteiger partial charge in [0.05, 0.1) is 11.3 Å². The number of hydrogen-bond donors (Lipinski definition) is 2. The van der Waals surface area contributed by atoms with Gasteiger partial charge in [0.15, 0.2) is 0 Å². The van der Waals surface area contributed by atoms with Crippen molar-refractivity contribution in [3.05, 3.63) is 22.4 Å². The summed E-state index contributed by atoms with van der Waals surface area (Å²) in [6.07, 6.45) is 0. The first-order chi connectivity index (χ1) is 6.77. The third kappa shape index (κ3) is 2.10. The van der Waals surface area contributed by atoms with Crippen LogP contribution in [0.1, 0.15) is 10.1 Å². The Labute approximate surface area is 91.1 Å². The largest absolute Gasteiger partial charge is 0.353 e. The zero-order chi connectivity index (χ0) is 9.97. The van der Waals surface area contributed by atoms with Gasteiger partial charge in [-0.3, -0.25) is 4.79 Å². The first-order valence-electron chi connectivity index (χ1n) is 4.45. The minimum absolute atomic E-state index is 0.0310. The van der Waals surface area contributed by atoms with E-state index in [1.165, 1.54) is 4.88 Å². The highest BCUT2D eigenvalue weighted by Crippen LogP contribution is 2.32. The molecule has 2 heterocycles. The van der Waals surface area contributed by atoms with E-state index in [0.717, 1.165) is 0 Å². The second-order valence-electron chi connectivity index (χ2n) is 3.19. The molecule has 0 unspecified atom stereocenters. The Kier molecular flexibility index (Phi) is 3.10. The van der Waals surface area contributed by atoms with Gasteiger partial charge in [0.2, 0.25) is 5.91 Å². The zero-order valence-corrected chi connectivity index (χ0v) is 9.24. The molecule has 0 radical (unpaired) electrons. The van der Waals surface area contributed by atoms with Crippen LogP contribution in [0, 0.1) is 0 Å². The van der Waals surface area contributed by atoms with Crippen molar-refractivity contribution in [3.8, 4) is 0 Å². The lowest BCUT2D eigenvalue weighted by molar-refractivity contribution is -0.121. The number of nitrogens with one attached hydrogen (secondary N) is 1. The van der Waals surface area contributed by atoms with Crippen LogP contribution in [-0.4, -0.2) is 24.2 Å². The molecule has 0 bridgehead atoms. The summed E-state index contributed by atoms with van der Waals surface area (Å²) in [6.45, 7) is 0.692. The minimum atomic E-state index is -0.357. The van der Waals surface area contributed by atoms with Gasteiger partial charge in [-0.1, -0.05) is 6.07 Å². The summed E-state index contributed by atoms with van der Waals surface area (Å²) in [5.74, 6) is 0.672. The molecule has 1 saturated heterocycles. The molecule has 1 amide bonds. The van der Waals surface area contributed by atoms with Crippen LogP contribution in [0.25, 0.3) is 0 Å². The Balaban J connectivity index is 2.06. The Hall–Kier alpha value is -0.520. The van der Waals surface area contributed by atoms with Gasteiger partial charge in [-0.05, 0) is 11.4 Å². The second-order valence-corrected chi connectivity index (χ2v) is 5.40. The van der Waals surface area contributed by atoms with E-state index in [4.69, 9.17) is 5.73 Å². The number of rotatable bonds is 1. The molecule has 76 valence electrons. The molecule has 1 fully saturated rings. The van der Waals surface area contributed by atoms with Crippen molar-refractivity contribution >= 4 is 29.0 Å². The summed E-state index contributed by atoms with van der Waals surface area (Å²) in [4.78, 5) is 12.6. The van der Waals surface area contributed by atoms with Gasteiger partial charge in [0.1, 0.15) is 0 Å². The quantitative estimate of drug-likeness (QED) is 0.753. The van der Waals surface area contributed by atoms with Crippen molar-refractivity contribution in [1.82, 2.24) is 5.32 Å². The lowest BCUT2D eigenvalue weighted by Gasteiger charge is -2.10. The van der Waals surface area contributed by atoms with Crippen molar-refractivity contribution in [2.75, 3.05) is 12.3 Å². The van der Waals surface area contributed by atoms with Gasteiger partial charge in [-0.25, -0.2) is 0 Å². The lowest BCUT2D eigenvalue weighted by atomic mass is 10.3. The first kappa shape index (κ1) is 10.0. The van der Waals surface area contributed by atoms with Crippen molar-refractivity contribution in [2.24, 2.45) is 5.73 Å². The summed E-state index contributed by atoms with van der Waals surface area (Å²) >= 11 is 3.48. The molecule has 3 nitrogen and oxygen atoms in total. The monoisotopic (exact) mass is 228 g/mol. The summed E-state index contributed by atoms with van der Waals surface area (Å²) in [7, 11) is 0. The van der Waals surface area contributed by atoms with Crippen LogP contribution in [0.5, 0.6) is 0 Å². The molecular formula is C9H12N2OS2. The normalized spacial score (nSPS) is 28.2. The molecule has 5 heteroatoms. The fourth-order valence-corrected chi connectivity index (χ4v) is 3.45. The number of amides is 1. The average molecular weight is 228 g/mol. The van der Waals surface area contributed by atoms with Crippen molar-refractivity contribution in [2.45, 2.75) is 11.3 Å². The molecule has 0 aromatic carbocycles. The topological polar surface area (TPSA) is 55.1 Å². The Morgan fingerprint density at radius 1 is 1.57 bits per heavy atom. The molecule has 3 N–H and O–H groups in total. The van der Waals surface area contributed by atoms with Gasteiger partial charge in [-0.2, -0.15) is 0 Å².